The van der Waals surface area contributed by atoms with Gasteiger partial charge in [-0.15, -0.1) is 0 Å². The first-order valence-corrected chi connectivity index (χ1v) is 8.45. The van der Waals surface area contributed by atoms with E-state index in [1.165, 1.54) is 18.5 Å². The number of aromatic nitrogens is 1. The Bertz CT molecular complexity index is 961. The van der Waals surface area contributed by atoms with Crippen LogP contribution in [0.5, 0.6) is 11.5 Å². The van der Waals surface area contributed by atoms with E-state index in [9.17, 15) is 15.1 Å². The van der Waals surface area contributed by atoms with Crippen molar-refractivity contribution in [1.82, 2.24) is 0 Å². The molecule has 0 aliphatic heterocycles. The molecule has 1 N–H and O–H groups in total. The van der Waals surface area contributed by atoms with Gasteiger partial charge in [-0.2, -0.15) is 4.73 Å². The standard InChI is InChI=1S/C20H16ClNO5/c21-17-8-2-1-6-15(17)13-26-18-9-3-7-16(20(23)24)19(18)27-12-14-5-4-10-22(25)11-14/h1-11H,12-13H2,(H,23,24). The first-order valence-electron chi connectivity index (χ1n) is 8.07. The summed E-state index contributed by atoms with van der Waals surface area (Å²) in [4.78, 5) is 11.6. The number of carboxylic acid groups (broad SMARTS) is 1. The molecule has 1 heterocycles. The number of ether oxygens (including phenoxy) is 2. The fourth-order valence-electron chi connectivity index (χ4n) is 2.46. The predicted octanol–water partition coefficient (Wildman–Crippen LogP) is 3.83. The van der Waals surface area contributed by atoms with Gasteiger partial charge in [-0.25, -0.2) is 4.79 Å². The van der Waals surface area contributed by atoms with E-state index in [2.05, 4.69) is 0 Å². The third-order valence-electron chi connectivity index (χ3n) is 3.77. The molecule has 0 radical (unpaired) electrons. The lowest BCUT2D eigenvalue weighted by atomic mass is 10.2. The molecule has 0 atom stereocenters. The van der Waals surface area contributed by atoms with Gasteiger partial charge in [0.1, 0.15) is 18.8 Å². The molecule has 3 aromatic rings. The average Bonchev–Trinajstić information content (AvgIpc) is 2.66. The van der Waals surface area contributed by atoms with Gasteiger partial charge in [0.15, 0.2) is 23.9 Å². The largest absolute Gasteiger partial charge is 0.619 e. The van der Waals surface area contributed by atoms with E-state index in [-0.39, 0.29) is 30.3 Å². The minimum Gasteiger partial charge on any atom is -0.619 e. The molecule has 3 rings (SSSR count). The molecule has 27 heavy (non-hydrogen) atoms. The number of benzene rings is 2. The number of para-hydroxylation sites is 1. The molecule has 0 amide bonds. The van der Waals surface area contributed by atoms with E-state index in [1.54, 1.807) is 30.3 Å². The van der Waals surface area contributed by atoms with Crippen molar-refractivity contribution in [2.24, 2.45) is 0 Å². The van der Waals surface area contributed by atoms with Crippen LogP contribution in [0.2, 0.25) is 5.02 Å². The van der Waals surface area contributed by atoms with Crippen molar-refractivity contribution in [1.29, 1.82) is 0 Å². The predicted molar refractivity (Wildman–Crippen MR) is 98.9 cm³/mol. The van der Waals surface area contributed by atoms with E-state index in [0.29, 0.717) is 15.3 Å². The van der Waals surface area contributed by atoms with Crippen LogP contribution in [0.15, 0.2) is 67.0 Å². The molecule has 7 heteroatoms. The number of pyridine rings is 1. The van der Waals surface area contributed by atoms with E-state index in [4.69, 9.17) is 21.1 Å². The summed E-state index contributed by atoms with van der Waals surface area (Å²) in [6.07, 6.45) is 2.71. The summed E-state index contributed by atoms with van der Waals surface area (Å²) in [6, 6.07) is 15.1. The first-order chi connectivity index (χ1) is 13.0. The van der Waals surface area contributed by atoms with Gasteiger partial charge in [-0.05, 0) is 24.3 Å². The number of halogens is 1. The maximum atomic E-state index is 11.6. The Hall–Kier alpha value is -3.25. The van der Waals surface area contributed by atoms with Crippen LogP contribution in [-0.2, 0) is 13.2 Å². The molecular formula is C20H16ClNO5. The zero-order valence-electron chi connectivity index (χ0n) is 14.2. The Kier molecular flexibility index (Phi) is 5.78. The van der Waals surface area contributed by atoms with E-state index < -0.39 is 5.97 Å². The van der Waals surface area contributed by atoms with Gasteiger partial charge in [0.2, 0.25) is 0 Å². The van der Waals surface area contributed by atoms with Crippen LogP contribution in [0.25, 0.3) is 0 Å². The second kappa shape index (κ2) is 8.42. The molecule has 0 bridgehead atoms. The Labute approximate surface area is 160 Å². The molecule has 1 aromatic heterocycles. The minimum absolute atomic E-state index is 0.0236. The van der Waals surface area contributed by atoms with E-state index in [1.807, 2.05) is 18.2 Å². The van der Waals surface area contributed by atoms with Gasteiger partial charge in [0, 0.05) is 16.7 Å². The number of carboxylic acids is 1. The summed E-state index contributed by atoms with van der Waals surface area (Å²) >= 11 is 6.13. The molecule has 0 aliphatic carbocycles. The molecule has 6 nitrogen and oxygen atoms in total. The lowest BCUT2D eigenvalue weighted by Gasteiger charge is -2.15. The quantitative estimate of drug-likeness (QED) is 0.493. The monoisotopic (exact) mass is 385 g/mol. The number of hydrogen-bond acceptors (Lipinski definition) is 4. The maximum Gasteiger partial charge on any atom is 0.339 e. The number of rotatable bonds is 7. The smallest absolute Gasteiger partial charge is 0.339 e. The highest BCUT2D eigenvalue weighted by atomic mass is 35.5. The average molecular weight is 386 g/mol. The van der Waals surface area contributed by atoms with Crippen LogP contribution >= 0.6 is 11.6 Å². The first kappa shape index (κ1) is 18.5. The number of hydrogen-bond donors (Lipinski definition) is 1. The Morgan fingerprint density at radius 3 is 2.59 bits per heavy atom. The second-order valence-corrected chi connectivity index (χ2v) is 6.09. The molecule has 0 saturated heterocycles. The van der Waals surface area contributed by atoms with Crippen LogP contribution < -0.4 is 14.2 Å². The lowest BCUT2D eigenvalue weighted by molar-refractivity contribution is -0.606. The van der Waals surface area contributed by atoms with Crippen LogP contribution in [0, 0.1) is 5.21 Å². The van der Waals surface area contributed by atoms with Crippen LogP contribution in [-0.4, -0.2) is 11.1 Å². The Morgan fingerprint density at radius 1 is 1.04 bits per heavy atom. The zero-order valence-corrected chi connectivity index (χ0v) is 14.9. The molecule has 0 spiro atoms. The zero-order chi connectivity index (χ0) is 19.2. The topological polar surface area (TPSA) is 82.7 Å². The summed E-state index contributed by atoms with van der Waals surface area (Å²) in [7, 11) is 0. The molecule has 0 saturated carbocycles. The van der Waals surface area contributed by atoms with Crippen LogP contribution in [0.4, 0.5) is 0 Å². The molecular weight excluding hydrogens is 370 g/mol. The summed E-state index contributed by atoms with van der Waals surface area (Å²) < 4.78 is 12.1. The minimum atomic E-state index is -1.14. The molecule has 0 unspecified atom stereocenters. The highest BCUT2D eigenvalue weighted by molar-refractivity contribution is 6.31. The highest BCUT2D eigenvalue weighted by Crippen LogP contribution is 2.33. The third-order valence-corrected chi connectivity index (χ3v) is 4.14. The van der Waals surface area contributed by atoms with Gasteiger partial charge in [0.25, 0.3) is 0 Å². The van der Waals surface area contributed by atoms with Crippen molar-refractivity contribution in [2.75, 3.05) is 0 Å². The van der Waals surface area contributed by atoms with Crippen LogP contribution in [0.1, 0.15) is 21.5 Å². The number of nitrogens with zero attached hydrogens (tertiary/aromatic N) is 1. The Morgan fingerprint density at radius 2 is 1.85 bits per heavy atom. The van der Waals surface area contributed by atoms with Crippen molar-refractivity contribution in [3.8, 4) is 11.5 Å². The fourth-order valence-corrected chi connectivity index (χ4v) is 2.65. The van der Waals surface area contributed by atoms with Gasteiger partial charge >= 0.3 is 5.97 Å². The Balaban J connectivity index is 1.84. The van der Waals surface area contributed by atoms with Crippen molar-refractivity contribution in [3.05, 3.63) is 93.9 Å². The van der Waals surface area contributed by atoms with Gasteiger partial charge in [-0.3, -0.25) is 0 Å². The van der Waals surface area contributed by atoms with Crippen molar-refractivity contribution >= 4 is 17.6 Å². The molecule has 0 aliphatic rings. The van der Waals surface area contributed by atoms with Crippen LogP contribution in [0.3, 0.4) is 0 Å². The summed E-state index contributed by atoms with van der Waals surface area (Å²) in [6.45, 7) is 0.181. The van der Waals surface area contributed by atoms with Gasteiger partial charge < -0.3 is 19.8 Å². The second-order valence-electron chi connectivity index (χ2n) is 5.68. The van der Waals surface area contributed by atoms with E-state index >= 15 is 0 Å². The maximum absolute atomic E-state index is 11.6. The summed E-state index contributed by atoms with van der Waals surface area (Å²) in [5.41, 5.74) is 1.34. The third kappa shape index (κ3) is 4.68. The summed E-state index contributed by atoms with van der Waals surface area (Å²) in [5.74, 6) is -0.765. The normalized spacial score (nSPS) is 10.4. The number of carbonyl (C=O) groups is 1. The molecule has 0 fully saturated rings. The van der Waals surface area contributed by atoms with Crippen molar-refractivity contribution in [2.45, 2.75) is 13.2 Å². The van der Waals surface area contributed by atoms with Crippen molar-refractivity contribution < 1.29 is 24.1 Å². The van der Waals surface area contributed by atoms with Gasteiger partial charge in [-0.1, -0.05) is 35.9 Å². The molecule has 2 aromatic carbocycles. The summed E-state index contributed by atoms with van der Waals surface area (Å²) in [5, 5.41) is 21.4. The lowest BCUT2D eigenvalue weighted by Crippen LogP contribution is -2.25. The van der Waals surface area contributed by atoms with Gasteiger partial charge in [0.05, 0.1) is 5.56 Å². The highest BCUT2D eigenvalue weighted by Gasteiger charge is 2.17. The van der Waals surface area contributed by atoms with Crippen molar-refractivity contribution in [3.63, 3.8) is 0 Å². The molecule has 138 valence electrons. The SMILES string of the molecule is O=C(O)c1cccc(OCc2ccccc2Cl)c1OCc1ccc[n+]([O-])c1. The number of aromatic carboxylic acids is 1. The van der Waals surface area contributed by atoms with E-state index in [0.717, 1.165) is 5.56 Å². The fraction of sp³-hybridized carbons (Fsp3) is 0.100.